The number of hydrogen-bond acceptors (Lipinski definition) is 4. The third-order valence-electron chi connectivity index (χ3n) is 4.91. The lowest BCUT2D eigenvalue weighted by atomic mass is 10.1. The molecule has 0 N–H and O–H groups in total. The normalized spacial score (nSPS) is 17.4. The molecule has 0 bridgehead atoms. The minimum atomic E-state index is -0.0268. The third kappa shape index (κ3) is 3.29. The second-order valence-corrected chi connectivity index (χ2v) is 6.58. The fourth-order valence-corrected chi connectivity index (χ4v) is 3.48. The van der Waals surface area contributed by atoms with Crippen molar-refractivity contribution >= 4 is 11.8 Å². The molecule has 132 valence electrons. The predicted octanol–water partition coefficient (Wildman–Crippen LogP) is 0.400. The molecule has 0 radical (unpaired) electrons. The number of piperazine rings is 1. The Morgan fingerprint density at radius 1 is 1.04 bits per heavy atom. The van der Waals surface area contributed by atoms with E-state index < -0.39 is 0 Å². The second-order valence-electron chi connectivity index (χ2n) is 6.58. The van der Waals surface area contributed by atoms with Crippen LogP contribution in [0.3, 0.4) is 0 Å². The van der Waals surface area contributed by atoms with Crippen LogP contribution < -0.4 is 0 Å². The summed E-state index contributed by atoms with van der Waals surface area (Å²) in [6.45, 7) is 3.35. The zero-order valence-corrected chi connectivity index (χ0v) is 14.2. The van der Waals surface area contributed by atoms with Gasteiger partial charge in [0.2, 0.25) is 5.91 Å². The molecular formula is C17H22N6O2. The minimum Gasteiger partial charge on any atom is -0.338 e. The van der Waals surface area contributed by atoms with Gasteiger partial charge in [0.15, 0.2) is 5.69 Å². The van der Waals surface area contributed by atoms with E-state index in [0.29, 0.717) is 31.9 Å². The molecule has 25 heavy (non-hydrogen) atoms. The Bertz CT molecular complexity index is 735. The van der Waals surface area contributed by atoms with Crippen molar-refractivity contribution in [2.45, 2.75) is 32.4 Å². The highest BCUT2D eigenvalue weighted by Gasteiger charge is 2.27. The molecule has 1 saturated heterocycles. The van der Waals surface area contributed by atoms with E-state index in [2.05, 4.69) is 10.2 Å². The number of nitrogens with zero attached hydrogens (tertiary/aromatic N) is 6. The van der Waals surface area contributed by atoms with E-state index in [4.69, 9.17) is 0 Å². The fourth-order valence-electron chi connectivity index (χ4n) is 3.48. The Labute approximate surface area is 146 Å². The number of rotatable bonds is 3. The van der Waals surface area contributed by atoms with Crippen LogP contribution in [0.4, 0.5) is 0 Å². The summed E-state index contributed by atoms with van der Waals surface area (Å²) < 4.78 is 3.58. The summed E-state index contributed by atoms with van der Waals surface area (Å²) >= 11 is 0. The van der Waals surface area contributed by atoms with E-state index in [-0.39, 0.29) is 18.4 Å². The molecule has 4 heterocycles. The van der Waals surface area contributed by atoms with Crippen LogP contribution in [-0.2, 0) is 24.3 Å². The Kier molecular flexibility index (Phi) is 4.25. The van der Waals surface area contributed by atoms with Gasteiger partial charge in [-0.2, -0.15) is 10.2 Å². The van der Waals surface area contributed by atoms with Gasteiger partial charge in [-0.3, -0.25) is 19.0 Å². The second kappa shape index (κ2) is 6.70. The van der Waals surface area contributed by atoms with Gasteiger partial charge in [-0.05, 0) is 31.4 Å². The summed E-state index contributed by atoms with van der Waals surface area (Å²) in [5.74, 6) is 0.00864. The number of fused-ring (bicyclic) bond motifs is 1. The number of carbonyl (C=O) groups is 2. The van der Waals surface area contributed by atoms with Gasteiger partial charge in [-0.25, -0.2) is 0 Å². The quantitative estimate of drug-likeness (QED) is 0.809. The fraction of sp³-hybridized carbons (Fsp3) is 0.529. The van der Waals surface area contributed by atoms with Crippen molar-refractivity contribution in [3.8, 4) is 0 Å². The van der Waals surface area contributed by atoms with Gasteiger partial charge in [0.1, 0.15) is 6.54 Å². The molecule has 0 saturated carbocycles. The molecule has 2 aliphatic heterocycles. The number of amides is 2. The maximum atomic E-state index is 12.7. The van der Waals surface area contributed by atoms with Crippen LogP contribution >= 0.6 is 0 Å². The third-order valence-corrected chi connectivity index (χ3v) is 4.91. The lowest BCUT2D eigenvalue weighted by Crippen LogP contribution is -2.51. The molecule has 2 aliphatic rings. The first-order valence-electron chi connectivity index (χ1n) is 8.82. The van der Waals surface area contributed by atoms with Crippen molar-refractivity contribution in [2.24, 2.45) is 0 Å². The number of carbonyl (C=O) groups excluding carboxylic acids is 2. The zero-order valence-electron chi connectivity index (χ0n) is 14.2. The lowest BCUT2D eigenvalue weighted by Gasteiger charge is -2.34. The average molecular weight is 342 g/mol. The molecule has 8 nitrogen and oxygen atoms in total. The van der Waals surface area contributed by atoms with E-state index in [0.717, 1.165) is 31.5 Å². The van der Waals surface area contributed by atoms with E-state index in [1.807, 2.05) is 10.7 Å². The molecule has 2 aromatic heterocycles. The van der Waals surface area contributed by atoms with E-state index in [1.54, 1.807) is 32.9 Å². The van der Waals surface area contributed by atoms with Gasteiger partial charge in [0.05, 0.1) is 0 Å². The molecule has 0 unspecified atom stereocenters. The molecule has 0 spiro atoms. The molecule has 0 aliphatic carbocycles. The molecule has 1 fully saturated rings. The standard InChI is InChI=1S/C17H22N6O2/c24-16(13-22-6-3-5-18-22)20-8-10-21(11-9-20)17(25)15-12-14-4-1-2-7-23(14)19-15/h3,5-6,12H,1-2,4,7-11,13H2. The SMILES string of the molecule is O=C(Cn1cccn1)N1CCN(C(=O)c2cc3n(n2)CCCC3)CC1. The van der Waals surface area contributed by atoms with Gasteiger partial charge >= 0.3 is 0 Å². The van der Waals surface area contributed by atoms with Crippen LogP contribution in [0.2, 0.25) is 0 Å². The summed E-state index contributed by atoms with van der Waals surface area (Å²) in [5, 5.41) is 8.52. The molecule has 0 atom stereocenters. The predicted molar refractivity (Wildman–Crippen MR) is 89.9 cm³/mol. The minimum absolute atomic E-state index is 0.0268. The van der Waals surface area contributed by atoms with Crippen molar-refractivity contribution in [1.82, 2.24) is 29.4 Å². The summed E-state index contributed by atoms with van der Waals surface area (Å²) in [6.07, 6.45) is 6.72. The largest absolute Gasteiger partial charge is 0.338 e. The van der Waals surface area contributed by atoms with Crippen LogP contribution in [0, 0.1) is 0 Å². The number of aryl methyl sites for hydroxylation is 2. The van der Waals surface area contributed by atoms with Crippen LogP contribution in [0.1, 0.15) is 29.0 Å². The van der Waals surface area contributed by atoms with Crippen molar-refractivity contribution in [1.29, 1.82) is 0 Å². The maximum absolute atomic E-state index is 12.7. The Morgan fingerprint density at radius 2 is 1.84 bits per heavy atom. The Balaban J connectivity index is 1.34. The van der Waals surface area contributed by atoms with E-state index >= 15 is 0 Å². The summed E-state index contributed by atoms with van der Waals surface area (Å²) in [7, 11) is 0. The van der Waals surface area contributed by atoms with Crippen LogP contribution in [-0.4, -0.2) is 67.4 Å². The first-order chi connectivity index (χ1) is 12.2. The first kappa shape index (κ1) is 15.9. The summed E-state index contributed by atoms with van der Waals surface area (Å²) in [5.41, 5.74) is 1.69. The monoisotopic (exact) mass is 342 g/mol. The average Bonchev–Trinajstić information content (AvgIpc) is 3.30. The Morgan fingerprint density at radius 3 is 2.56 bits per heavy atom. The van der Waals surface area contributed by atoms with E-state index in [1.165, 1.54) is 0 Å². The van der Waals surface area contributed by atoms with Crippen molar-refractivity contribution in [3.63, 3.8) is 0 Å². The van der Waals surface area contributed by atoms with Crippen LogP contribution in [0.15, 0.2) is 24.5 Å². The molecule has 8 heteroatoms. The lowest BCUT2D eigenvalue weighted by molar-refractivity contribution is -0.133. The van der Waals surface area contributed by atoms with Gasteiger partial charge < -0.3 is 9.80 Å². The summed E-state index contributed by atoms with van der Waals surface area (Å²) in [4.78, 5) is 28.6. The van der Waals surface area contributed by atoms with Gasteiger partial charge in [-0.1, -0.05) is 0 Å². The molecular weight excluding hydrogens is 320 g/mol. The first-order valence-corrected chi connectivity index (χ1v) is 8.82. The highest BCUT2D eigenvalue weighted by molar-refractivity contribution is 5.92. The highest BCUT2D eigenvalue weighted by Crippen LogP contribution is 2.17. The van der Waals surface area contributed by atoms with Crippen molar-refractivity contribution < 1.29 is 9.59 Å². The molecule has 0 aromatic carbocycles. The van der Waals surface area contributed by atoms with Gasteiger partial charge in [0, 0.05) is 50.8 Å². The molecule has 2 aromatic rings. The summed E-state index contributed by atoms with van der Waals surface area (Å²) in [6, 6.07) is 3.73. The molecule has 4 rings (SSSR count). The Hall–Kier alpha value is -2.64. The van der Waals surface area contributed by atoms with Gasteiger partial charge in [-0.15, -0.1) is 0 Å². The van der Waals surface area contributed by atoms with Crippen molar-refractivity contribution in [3.05, 3.63) is 35.9 Å². The van der Waals surface area contributed by atoms with Crippen molar-refractivity contribution in [2.75, 3.05) is 26.2 Å². The number of aromatic nitrogens is 4. The smallest absolute Gasteiger partial charge is 0.274 e. The zero-order chi connectivity index (χ0) is 17.2. The number of hydrogen-bond donors (Lipinski definition) is 0. The van der Waals surface area contributed by atoms with Gasteiger partial charge in [0.25, 0.3) is 5.91 Å². The van der Waals surface area contributed by atoms with Crippen LogP contribution in [0.25, 0.3) is 0 Å². The highest BCUT2D eigenvalue weighted by atomic mass is 16.2. The van der Waals surface area contributed by atoms with E-state index in [9.17, 15) is 9.59 Å². The maximum Gasteiger partial charge on any atom is 0.274 e. The van der Waals surface area contributed by atoms with Crippen LogP contribution in [0.5, 0.6) is 0 Å². The molecule has 2 amide bonds. The topological polar surface area (TPSA) is 76.3 Å².